The Hall–Kier alpha value is -2.76. The highest BCUT2D eigenvalue weighted by molar-refractivity contribution is 7.91. The van der Waals surface area contributed by atoms with Crippen LogP contribution in [-0.4, -0.2) is 41.6 Å². The van der Waals surface area contributed by atoms with Gasteiger partial charge in [0.1, 0.15) is 35.0 Å². The van der Waals surface area contributed by atoms with Gasteiger partial charge in [0.25, 0.3) is 10.0 Å². The molecule has 0 spiro atoms. The number of halogens is 1. The lowest BCUT2D eigenvalue weighted by Gasteiger charge is -2.19. The third kappa shape index (κ3) is 5.98. The summed E-state index contributed by atoms with van der Waals surface area (Å²) in [6.45, 7) is 0.674. The minimum Gasteiger partial charge on any atom is -0.492 e. The fraction of sp³-hybridized carbons (Fsp3) is 0.167. The molecule has 0 amide bonds. The Kier molecular flexibility index (Phi) is 7.55. The Balaban J connectivity index is 1.87. The number of nitriles is 1. The first-order chi connectivity index (χ1) is 15.5. The predicted octanol–water partition coefficient (Wildman–Crippen LogP) is 1.71. The molecule has 3 rings (SSSR count). The second-order valence-corrected chi connectivity index (χ2v) is 11.1. The average Bonchev–Trinajstić information content (AvgIpc) is 3.27. The van der Waals surface area contributed by atoms with Gasteiger partial charge in [-0.2, -0.15) is 9.98 Å². The van der Waals surface area contributed by atoms with Crippen molar-refractivity contribution in [1.82, 2.24) is 14.9 Å². The Labute approximate surface area is 191 Å². The van der Waals surface area contributed by atoms with Gasteiger partial charge in [0, 0.05) is 12.1 Å². The molecule has 0 aliphatic heterocycles. The lowest BCUT2D eigenvalue weighted by molar-refractivity contribution is 0.328. The zero-order valence-electron chi connectivity index (χ0n) is 16.6. The van der Waals surface area contributed by atoms with Crippen LogP contribution in [0, 0.1) is 17.1 Å². The van der Waals surface area contributed by atoms with Crippen molar-refractivity contribution >= 4 is 29.0 Å². The average molecular weight is 513 g/mol. The summed E-state index contributed by atoms with van der Waals surface area (Å²) in [7, 11) is -9.68. The number of nitrogens with one attached hydrogen (secondary N) is 1. The normalized spacial score (nSPS) is 12.8. The van der Waals surface area contributed by atoms with E-state index in [1.54, 1.807) is 30.3 Å². The van der Waals surface area contributed by atoms with Crippen molar-refractivity contribution in [2.45, 2.75) is 10.1 Å². The molecule has 0 aliphatic carbocycles. The first-order valence-electron chi connectivity index (χ1n) is 9.09. The van der Waals surface area contributed by atoms with Gasteiger partial charge in [-0.25, -0.2) is 12.8 Å². The van der Waals surface area contributed by atoms with Crippen LogP contribution in [0.2, 0.25) is 0 Å². The van der Waals surface area contributed by atoms with E-state index in [4.69, 9.17) is 15.7 Å². The molecule has 174 valence electrons. The zero-order chi connectivity index (χ0) is 24.2. The number of nitrogens with zero attached hydrogens (tertiary/aromatic N) is 3. The number of hydrogen-bond donors (Lipinski definition) is 4. The molecule has 0 bridgehead atoms. The van der Waals surface area contributed by atoms with Crippen LogP contribution in [0.3, 0.4) is 0 Å². The SMILES string of the molecule is N#Cc1ccc(C(NS(=O)(=O)c2nnc(-c3ccc(OCCN)cc3)s2)P(=O)(O)O)cc1F. The van der Waals surface area contributed by atoms with E-state index in [2.05, 4.69) is 10.2 Å². The highest BCUT2D eigenvalue weighted by atomic mass is 32.2. The summed E-state index contributed by atoms with van der Waals surface area (Å²) in [6.07, 6.45) is 0. The highest BCUT2D eigenvalue weighted by Crippen LogP contribution is 2.50. The Morgan fingerprint density at radius 3 is 2.52 bits per heavy atom. The number of hydrogen-bond acceptors (Lipinski definition) is 9. The molecule has 3 aromatic rings. The minimum absolute atomic E-state index is 0.234. The van der Waals surface area contributed by atoms with Gasteiger partial charge in [-0.1, -0.05) is 17.4 Å². The van der Waals surface area contributed by atoms with Gasteiger partial charge in [-0.3, -0.25) is 4.57 Å². The van der Waals surface area contributed by atoms with Crippen LogP contribution in [0.4, 0.5) is 4.39 Å². The van der Waals surface area contributed by atoms with E-state index in [0.29, 0.717) is 41.9 Å². The molecule has 0 saturated heterocycles. The summed E-state index contributed by atoms with van der Waals surface area (Å²) in [5.41, 5.74) is 5.19. The molecule has 5 N–H and O–H groups in total. The van der Waals surface area contributed by atoms with Crippen molar-refractivity contribution in [2.75, 3.05) is 13.2 Å². The van der Waals surface area contributed by atoms with Crippen molar-refractivity contribution in [1.29, 1.82) is 5.26 Å². The van der Waals surface area contributed by atoms with Crippen molar-refractivity contribution in [2.24, 2.45) is 5.73 Å². The second kappa shape index (κ2) is 10.0. The number of benzene rings is 2. The van der Waals surface area contributed by atoms with Gasteiger partial charge >= 0.3 is 7.60 Å². The molecule has 2 aromatic carbocycles. The molecular formula is C18H17FN5O6PS2. The topological polar surface area (TPSA) is 189 Å². The predicted molar refractivity (Wildman–Crippen MR) is 116 cm³/mol. The first-order valence-corrected chi connectivity index (χ1v) is 13.1. The smallest absolute Gasteiger partial charge is 0.347 e. The first kappa shape index (κ1) is 24.9. The fourth-order valence-electron chi connectivity index (χ4n) is 2.63. The van der Waals surface area contributed by atoms with Crippen molar-refractivity contribution < 1.29 is 31.9 Å². The number of ether oxygens (including phenoxy) is 1. The lowest BCUT2D eigenvalue weighted by Crippen LogP contribution is -2.29. The van der Waals surface area contributed by atoms with E-state index in [9.17, 15) is 27.2 Å². The van der Waals surface area contributed by atoms with E-state index < -0.39 is 33.6 Å². The summed E-state index contributed by atoms with van der Waals surface area (Å²) < 4.78 is 58.1. The molecular weight excluding hydrogens is 496 g/mol. The summed E-state index contributed by atoms with van der Waals surface area (Å²) >= 11 is 0.670. The summed E-state index contributed by atoms with van der Waals surface area (Å²) in [5.74, 6) is -2.59. The lowest BCUT2D eigenvalue weighted by atomic mass is 10.1. The van der Waals surface area contributed by atoms with Gasteiger partial charge in [0.15, 0.2) is 0 Å². The van der Waals surface area contributed by atoms with E-state index >= 15 is 0 Å². The van der Waals surface area contributed by atoms with E-state index in [1.807, 2.05) is 4.72 Å². The maximum absolute atomic E-state index is 14.0. The third-order valence-corrected chi connectivity index (χ3v) is 8.19. The molecule has 0 saturated carbocycles. The quantitative estimate of drug-likeness (QED) is 0.307. The van der Waals surface area contributed by atoms with Crippen LogP contribution < -0.4 is 15.2 Å². The van der Waals surface area contributed by atoms with Crippen LogP contribution in [-0.2, 0) is 14.6 Å². The fourth-order valence-corrected chi connectivity index (χ4v) is 6.22. The van der Waals surface area contributed by atoms with Crippen LogP contribution in [0.5, 0.6) is 5.75 Å². The van der Waals surface area contributed by atoms with E-state index in [0.717, 1.165) is 12.1 Å². The maximum atomic E-state index is 14.0. The molecule has 0 radical (unpaired) electrons. The number of sulfonamides is 1. The monoisotopic (exact) mass is 513 g/mol. The second-order valence-electron chi connectivity index (χ2n) is 6.50. The molecule has 15 heteroatoms. The standard InChI is InChI=1S/C18H17FN5O6PS2/c19-15-9-12(1-2-13(15)10-21)16(31(25,26)27)24-33(28,29)18-23-22-17(32-18)11-3-5-14(6-4-11)30-8-7-20/h1-6,9,16,24H,7-8,20H2,(H2,25,26,27). The van der Waals surface area contributed by atoms with Crippen molar-refractivity contribution in [3.05, 3.63) is 59.4 Å². The maximum Gasteiger partial charge on any atom is 0.347 e. The molecule has 1 unspecified atom stereocenters. The molecule has 0 aliphatic rings. The number of aromatic nitrogens is 2. The van der Waals surface area contributed by atoms with Gasteiger partial charge in [0.2, 0.25) is 4.34 Å². The van der Waals surface area contributed by atoms with Gasteiger partial charge < -0.3 is 20.3 Å². The molecule has 33 heavy (non-hydrogen) atoms. The van der Waals surface area contributed by atoms with Crippen molar-refractivity contribution in [3.63, 3.8) is 0 Å². The summed E-state index contributed by atoms with van der Waals surface area (Å²) in [5, 5.41) is 16.5. The Bertz CT molecular complexity index is 1340. The van der Waals surface area contributed by atoms with Crippen molar-refractivity contribution in [3.8, 4) is 22.4 Å². The van der Waals surface area contributed by atoms with Crippen LogP contribution in [0.1, 0.15) is 16.9 Å². The van der Waals surface area contributed by atoms with Gasteiger partial charge in [-0.15, -0.1) is 10.2 Å². The van der Waals surface area contributed by atoms with E-state index in [1.165, 1.54) is 0 Å². The zero-order valence-corrected chi connectivity index (χ0v) is 19.1. The number of nitrogens with two attached hydrogens (primary N) is 1. The molecule has 1 atom stereocenters. The number of rotatable bonds is 9. The Morgan fingerprint density at radius 1 is 1.24 bits per heavy atom. The van der Waals surface area contributed by atoms with Crippen LogP contribution in [0.15, 0.2) is 46.8 Å². The van der Waals surface area contributed by atoms with Gasteiger partial charge in [0.05, 0.1) is 5.56 Å². The molecule has 0 fully saturated rings. The summed E-state index contributed by atoms with van der Waals surface area (Å²) in [4.78, 5) is 19.3. The third-order valence-electron chi connectivity index (χ3n) is 4.16. The van der Waals surface area contributed by atoms with Gasteiger partial charge in [-0.05, 0) is 42.0 Å². The molecule has 11 nitrogen and oxygen atoms in total. The molecule has 1 aromatic heterocycles. The highest BCUT2D eigenvalue weighted by Gasteiger charge is 2.36. The Morgan fingerprint density at radius 2 is 1.94 bits per heavy atom. The van der Waals surface area contributed by atoms with E-state index in [-0.39, 0.29) is 16.1 Å². The minimum atomic E-state index is -5.13. The largest absolute Gasteiger partial charge is 0.492 e. The molecule has 1 heterocycles. The van der Waals surface area contributed by atoms with Crippen LogP contribution >= 0.6 is 18.9 Å². The van der Waals surface area contributed by atoms with Crippen LogP contribution in [0.25, 0.3) is 10.6 Å². The summed E-state index contributed by atoms with van der Waals surface area (Å²) in [6, 6.07) is 10.8.